The van der Waals surface area contributed by atoms with E-state index < -0.39 is 5.79 Å². The van der Waals surface area contributed by atoms with Crippen LogP contribution in [-0.2, 0) is 9.47 Å². The number of rotatable bonds is 0. The molecular formula is C11H16O3. The molecule has 1 saturated heterocycles. The van der Waals surface area contributed by atoms with Crippen LogP contribution in [0.3, 0.4) is 0 Å². The van der Waals surface area contributed by atoms with Crippen LogP contribution in [0.4, 0.5) is 0 Å². The van der Waals surface area contributed by atoms with Crippen molar-refractivity contribution < 1.29 is 14.6 Å². The van der Waals surface area contributed by atoms with Crippen LogP contribution < -0.4 is 0 Å². The predicted octanol–water partition coefficient (Wildman–Crippen LogP) is 1.22. The number of aliphatic hydroxyl groups excluding tert-OH is 1. The molecule has 14 heavy (non-hydrogen) atoms. The Bertz CT molecular complexity index is 262. The minimum absolute atomic E-state index is 0.177. The summed E-state index contributed by atoms with van der Waals surface area (Å²) in [5, 5.41) is 10.1. The van der Waals surface area contributed by atoms with Gasteiger partial charge in [-0.3, -0.25) is 0 Å². The van der Waals surface area contributed by atoms with Crippen molar-refractivity contribution in [3.05, 3.63) is 12.2 Å². The molecule has 78 valence electrons. The SMILES string of the molecule is O[C@H]1C=CC[C@@]12CCCC21OCCO1. The van der Waals surface area contributed by atoms with Gasteiger partial charge < -0.3 is 14.6 Å². The number of allylic oxidation sites excluding steroid dienone is 1. The zero-order valence-corrected chi connectivity index (χ0v) is 8.24. The Kier molecular flexibility index (Phi) is 1.79. The Morgan fingerprint density at radius 2 is 2.00 bits per heavy atom. The Hall–Kier alpha value is -0.380. The largest absolute Gasteiger partial charge is 0.388 e. The van der Waals surface area contributed by atoms with Crippen molar-refractivity contribution >= 4 is 0 Å². The third-order valence-corrected chi connectivity index (χ3v) is 4.01. The molecular weight excluding hydrogens is 180 g/mol. The summed E-state index contributed by atoms with van der Waals surface area (Å²) < 4.78 is 11.6. The van der Waals surface area contributed by atoms with Gasteiger partial charge in [0, 0.05) is 6.42 Å². The monoisotopic (exact) mass is 196 g/mol. The summed E-state index contributed by atoms with van der Waals surface area (Å²) in [5.74, 6) is -0.476. The molecule has 2 atom stereocenters. The first-order chi connectivity index (χ1) is 6.79. The Labute approximate surface area is 83.7 Å². The quantitative estimate of drug-likeness (QED) is 0.592. The van der Waals surface area contributed by atoms with Gasteiger partial charge in [0.05, 0.1) is 24.7 Å². The van der Waals surface area contributed by atoms with Crippen LogP contribution in [0, 0.1) is 5.41 Å². The molecule has 2 fully saturated rings. The first-order valence-electron chi connectivity index (χ1n) is 5.42. The third-order valence-electron chi connectivity index (χ3n) is 4.01. The summed E-state index contributed by atoms with van der Waals surface area (Å²) in [5.41, 5.74) is -0.177. The maximum absolute atomic E-state index is 10.1. The van der Waals surface area contributed by atoms with Crippen LogP contribution in [0.5, 0.6) is 0 Å². The van der Waals surface area contributed by atoms with Gasteiger partial charge in [0.25, 0.3) is 0 Å². The summed E-state index contributed by atoms with van der Waals surface area (Å²) in [6, 6.07) is 0. The van der Waals surface area contributed by atoms with Crippen molar-refractivity contribution in [1.82, 2.24) is 0 Å². The van der Waals surface area contributed by atoms with Crippen LogP contribution in [-0.4, -0.2) is 30.2 Å². The van der Waals surface area contributed by atoms with Crippen LogP contribution in [0.1, 0.15) is 25.7 Å². The lowest BCUT2D eigenvalue weighted by atomic mass is 9.77. The zero-order valence-electron chi connectivity index (χ0n) is 8.24. The van der Waals surface area contributed by atoms with E-state index in [9.17, 15) is 5.11 Å². The number of hydrogen-bond donors (Lipinski definition) is 1. The van der Waals surface area contributed by atoms with E-state index >= 15 is 0 Å². The second-order valence-corrected chi connectivity index (χ2v) is 4.54. The topological polar surface area (TPSA) is 38.7 Å². The molecule has 2 aliphatic carbocycles. The van der Waals surface area contributed by atoms with Gasteiger partial charge in [-0.1, -0.05) is 12.2 Å². The standard InChI is InChI=1S/C11H16O3/c12-9-3-1-4-10(9)5-2-6-11(10)13-7-8-14-11/h1,3,9,12H,2,4-8H2/t9-,10+/m0/s1. The number of aliphatic hydroxyl groups is 1. The number of hydrogen-bond acceptors (Lipinski definition) is 3. The Balaban J connectivity index is 1.98. The summed E-state index contributed by atoms with van der Waals surface area (Å²) in [7, 11) is 0. The van der Waals surface area contributed by atoms with Crippen LogP contribution in [0.15, 0.2) is 12.2 Å². The molecule has 0 radical (unpaired) electrons. The third kappa shape index (κ3) is 0.879. The lowest BCUT2D eigenvalue weighted by molar-refractivity contribution is -0.238. The average Bonchev–Trinajstić information content (AvgIpc) is 2.84. The average molecular weight is 196 g/mol. The minimum Gasteiger partial charge on any atom is -0.388 e. The fourth-order valence-corrected chi connectivity index (χ4v) is 3.31. The Morgan fingerprint density at radius 1 is 1.21 bits per heavy atom. The molecule has 1 saturated carbocycles. The van der Waals surface area contributed by atoms with Gasteiger partial charge in [-0.15, -0.1) is 0 Å². The van der Waals surface area contributed by atoms with Gasteiger partial charge in [0.1, 0.15) is 0 Å². The second-order valence-electron chi connectivity index (χ2n) is 4.54. The predicted molar refractivity (Wildman–Crippen MR) is 50.7 cm³/mol. The van der Waals surface area contributed by atoms with Crippen molar-refractivity contribution in [2.45, 2.75) is 37.6 Å². The second kappa shape index (κ2) is 2.81. The van der Waals surface area contributed by atoms with Gasteiger partial charge in [-0.2, -0.15) is 0 Å². The zero-order chi connectivity index (χ0) is 9.65. The van der Waals surface area contributed by atoms with E-state index in [0.717, 1.165) is 25.7 Å². The first-order valence-corrected chi connectivity index (χ1v) is 5.42. The van der Waals surface area contributed by atoms with Gasteiger partial charge >= 0.3 is 0 Å². The Morgan fingerprint density at radius 3 is 2.64 bits per heavy atom. The summed E-state index contributed by atoms with van der Waals surface area (Å²) in [6.45, 7) is 1.35. The molecule has 1 heterocycles. The van der Waals surface area contributed by atoms with Gasteiger partial charge in [0.15, 0.2) is 5.79 Å². The first kappa shape index (κ1) is 8.89. The van der Waals surface area contributed by atoms with Crippen LogP contribution >= 0.6 is 0 Å². The highest BCUT2D eigenvalue weighted by Gasteiger charge is 2.62. The normalized spacial score (nSPS) is 44.5. The summed E-state index contributed by atoms with van der Waals surface area (Å²) in [4.78, 5) is 0. The molecule has 1 aliphatic heterocycles. The summed E-state index contributed by atoms with van der Waals surface area (Å²) >= 11 is 0. The molecule has 1 N–H and O–H groups in total. The molecule has 0 aromatic heterocycles. The highest BCUT2D eigenvalue weighted by Crippen LogP contribution is 2.57. The molecule has 0 aromatic rings. The lowest BCUT2D eigenvalue weighted by Crippen LogP contribution is -2.49. The van der Waals surface area contributed by atoms with E-state index in [1.807, 2.05) is 6.08 Å². The lowest BCUT2D eigenvalue weighted by Gasteiger charge is -2.41. The molecule has 3 aliphatic rings. The highest BCUT2D eigenvalue weighted by atomic mass is 16.7. The fourth-order valence-electron chi connectivity index (χ4n) is 3.31. The number of fused-ring (bicyclic) bond motifs is 1. The molecule has 2 spiro atoms. The maximum Gasteiger partial charge on any atom is 0.177 e. The van der Waals surface area contributed by atoms with Crippen molar-refractivity contribution in [3.63, 3.8) is 0 Å². The van der Waals surface area contributed by atoms with Crippen molar-refractivity contribution in [2.24, 2.45) is 5.41 Å². The maximum atomic E-state index is 10.1. The minimum atomic E-state index is -0.476. The molecule has 0 aromatic carbocycles. The van der Waals surface area contributed by atoms with Gasteiger partial charge in [-0.05, 0) is 19.3 Å². The van der Waals surface area contributed by atoms with E-state index in [-0.39, 0.29) is 11.5 Å². The van der Waals surface area contributed by atoms with E-state index in [4.69, 9.17) is 9.47 Å². The van der Waals surface area contributed by atoms with Crippen LogP contribution in [0.2, 0.25) is 0 Å². The van der Waals surface area contributed by atoms with Crippen molar-refractivity contribution in [3.8, 4) is 0 Å². The van der Waals surface area contributed by atoms with Gasteiger partial charge in [-0.25, -0.2) is 0 Å². The van der Waals surface area contributed by atoms with Crippen molar-refractivity contribution in [1.29, 1.82) is 0 Å². The van der Waals surface area contributed by atoms with E-state index in [1.54, 1.807) is 0 Å². The molecule has 3 nitrogen and oxygen atoms in total. The number of ether oxygens (including phenoxy) is 2. The molecule has 3 rings (SSSR count). The molecule has 0 amide bonds. The molecule has 3 heteroatoms. The highest BCUT2D eigenvalue weighted by molar-refractivity contribution is 5.18. The van der Waals surface area contributed by atoms with E-state index in [1.165, 1.54) is 0 Å². The molecule has 0 bridgehead atoms. The van der Waals surface area contributed by atoms with E-state index in [0.29, 0.717) is 13.2 Å². The van der Waals surface area contributed by atoms with E-state index in [2.05, 4.69) is 6.08 Å². The fraction of sp³-hybridized carbons (Fsp3) is 0.818. The smallest absolute Gasteiger partial charge is 0.177 e. The molecule has 0 unspecified atom stereocenters. The van der Waals surface area contributed by atoms with Crippen LogP contribution in [0.25, 0.3) is 0 Å². The van der Waals surface area contributed by atoms with Crippen molar-refractivity contribution in [2.75, 3.05) is 13.2 Å². The van der Waals surface area contributed by atoms with Gasteiger partial charge in [0.2, 0.25) is 0 Å². The summed E-state index contributed by atoms with van der Waals surface area (Å²) in [6.07, 6.45) is 7.50.